The third-order valence-electron chi connectivity index (χ3n) is 2.61. The molecule has 2 nitrogen and oxygen atoms in total. The summed E-state index contributed by atoms with van der Waals surface area (Å²) in [6.07, 6.45) is 1.77. The molecular weight excluding hydrogens is 256 g/mol. The summed E-state index contributed by atoms with van der Waals surface area (Å²) >= 11 is 1.20. The van der Waals surface area contributed by atoms with E-state index in [1.807, 2.05) is 13.8 Å². The van der Waals surface area contributed by atoms with Crippen LogP contribution in [0.3, 0.4) is 0 Å². The minimum Gasteiger partial charge on any atom is -0.353 e. The molecule has 0 aliphatic rings. The first-order valence-corrected chi connectivity index (χ1v) is 6.92. The topological polar surface area (TPSA) is 29.1 Å². The van der Waals surface area contributed by atoms with Gasteiger partial charge in [0.15, 0.2) is 11.6 Å². The van der Waals surface area contributed by atoms with Crippen molar-refractivity contribution in [2.45, 2.75) is 37.6 Å². The molecule has 0 saturated carbocycles. The number of carbonyl (C=O) groups is 1. The summed E-state index contributed by atoms with van der Waals surface area (Å²) in [5.41, 5.74) is 0. The first-order chi connectivity index (χ1) is 8.56. The second-order valence-corrected chi connectivity index (χ2v) is 4.99. The largest absolute Gasteiger partial charge is 0.353 e. The van der Waals surface area contributed by atoms with E-state index in [9.17, 15) is 13.6 Å². The van der Waals surface area contributed by atoms with Crippen LogP contribution < -0.4 is 5.32 Å². The Kier molecular flexibility index (Phi) is 6.12. The number of hydrogen-bond acceptors (Lipinski definition) is 2. The summed E-state index contributed by atoms with van der Waals surface area (Å²) in [6.45, 7) is 4.02. The molecule has 0 fully saturated rings. The van der Waals surface area contributed by atoms with Crippen molar-refractivity contribution in [2.24, 2.45) is 0 Å². The summed E-state index contributed by atoms with van der Waals surface area (Å²) in [7, 11) is 0. The fourth-order valence-corrected chi connectivity index (χ4v) is 2.21. The first-order valence-electron chi connectivity index (χ1n) is 5.94. The molecule has 0 spiro atoms. The Bertz CT molecular complexity index is 408. The van der Waals surface area contributed by atoms with Crippen LogP contribution in [0.15, 0.2) is 23.1 Å². The molecule has 100 valence electrons. The fraction of sp³-hybridized carbons (Fsp3) is 0.462. The van der Waals surface area contributed by atoms with E-state index in [1.54, 1.807) is 0 Å². The highest BCUT2D eigenvalue weighted by atomic mass is 32.2. The third-order valence-corrected chi connectivity index (χ3v) is 3.61. The predicted octanol–water partition coefficient (Wildman–Crippen LogP) is 3.36. The quantitative estimate of drug-likeness (QED) is 0.805. The van der Waals surface area contributed by atoms with E-state index in [-0.39, 0.29) is 17.7 Å². The molecule has 1 aromatic carbocycles. The normalized spacial score (nSPS) is 10.7. The summed E-state index contributed by atoms with van der Waals surface area (Å²) in [5.74, 6) is -1.64. The predicted molar refractivity (Wildman–Crippen MR) is 69.6 cm³/mol. The molecule has 0 atom stereocenters. The van der Waals surface area contributed by atoms with Crippen LogP contribution in [0.4, 0.5) is 8.78 Å². The van der Waals surface area contributed by atoms with Crippen molar-refractivity contribution in [1.29, 1.82) is 0 Å². The standard InChI is InChI=1S/C13H17F2NOS/c1-3-9(4-2)16-13(17)8-18-10-5-6-11(14)12(15)7-10/h5-7,9H,3-4,8H2,1-2H3,(H,16,17). The van der Waals surface area contributed by atoms with Crippen LogP contribution in [0.2, 0.25) is 0 Å². The highest BCUT2D eigenvalue weighted by Crippen LogP contribution is 2.20. The lowest BCUT2D eigenvalue weighted by Gasteiger charge is -2.14. The SMILES string of the molecule is CCC(CC)NC(=O)CSc1ccc(F)c(F)c1. The second-order valence-electron chi connectivity index (χ2n) is 3.95. The lowest BCUT2D eigenvalue weighted by atomic mass is 10.2. The molecule has 0 bridgehead atoms. The van der Waals surface area contributed by atoms with Gasteiger partial charge in [-0.25, -0.2) is 8.78 Å². The number of benzene rings is 1. The van der Waals surface area contributed by atoms with Gasteiger partial charge in [0.1, 0.15) is 0 Å². The number of hydrogen-bond donors (Lipinski definition) is 1. The number of rotatable bonds is 6. The Morgan fingerprint density at radius 1 is 1.28 bits per heavy atom. The van der Waals surface area contributed by atoms with Gasteiger partial charge in [-0.2, -0.15) is 0 Å². The zero-order valence-corrected chi connectivity index (χ0v) is 11.3. The van der Waals surface area contributed by atoms with Crippen LogP contribution >= 0.6 is 11.8 Å². The van der Waals surface area contributed by atoms with Crippen molar-refractivity contribution in [1.82, 2.24) is 5.32 Å². The number of nitrogens with one attached hydrogen (secondary N) is 1. The van der Waals surface area contributed by atoms with Gasteiger partial charge in [0.05, 0.1) is 5.75 Å². The number of carbonyl (C=O) groups excluding carboxylic acids is 1. The first kappa shape index (κ1) is 15.0. The van der Waals surface area contributed by atoms with Crippen molar-refractivity contribution in [3.8, 4) is 0 Å². The van der Waals surface area contributed by atoms with Gasteiger partial charge in [0.2, 0.25) is 5.91 Å². The summed E-state index contributed by atoms with van der Waals surface area (Å²) in [4.78, 5) is 12.1. The second kappa shape index (κ2) is 7.36. The minimum absolute atomic E-state index is 0.0848. The minimum atomic E-state index is -0.889. The number of halogens is 2. The summed E-state index contributed by atoms with van der Waals surface area (Å²) in [5, 5.41) is 2.89. The van der Waals surface area contributed by atoms with Gasteiger partial charge in [-0.05, 0) is 31.0 Å². The van der Waals surface area contributed by atoms with Crippen molar-refractivity contribution in [2.75, 3.05) is 5.75 Å². The van der Waals surface area contributed by atoms with Crippen molar-refractivity contribution in [3.63, 3.8) is 0 Å². The van der Waals surface area contributed by atoms with Crippen molar-refractivity contribution in [3.05, 3.63) is 29.8 Å². The van der Waals surface area contributed by atoms with Crippen LogP contribution in [0.1, 0.15) is 26.7 Å². The molecular formula is C13H17F2NOS. The average Bonchev–Trinajstić information content (AvgIpc) is 2.37. The van der Waals surface area contributed by atoms with Gasteiger partial charge in [0.25, 0.3) is 0 Å². The van der Waals surface area contributed by atoms with E-state index < -0.39 is 11.6 Å². The number of thioether (sulfide) groups is 1. The van der Waals surface area contributed by atoms with Crippen molar-refractivity contribution < 1.29 is 13.6 Å². The van der Waals surface area contributed by atoms with Gasteiger partial charge in [-0.1, -0.05) is 13.8 Å². The van der Waals surface area contributed by atoms with Crippen LogP contribution in [-0.2, 0) is 4.79 Å². The van der Waals surface area contributed by atoms with E-state index >= 15 is 0 Å². The third kappa shape index (κ3) is 4.64. The molecule has 0 unspecified atom stereocenters. The summed E-state index contributed by atoms with van der Waals surface area (Å²) < 4.78 is 25.6. The van der Waals surface area contributed by atoms with E-state index in [4.69, 9.17) is 0 Å². The fourth-order valence-electron chi connectivity index (χ4n) is 1.48. The van der Waals surface area contributed by atoms with Gasteiger partial charge >= 0.3 is 0 Å². The molecule has 0 radical (unpaired) electrons. The van der Waals surface area contributed by atoms with Crippen LogP contribution in [0, 0.1) is 11.6 Å². The van der Waals surface area contributed by atoms with E-state index in [1.165, 1.54) is 17.8 Å². The highest BCUT2D eigenvalue weighted by Gasteiger charge is 2.09. The monoisotopic (exact) mass is 273 g/mol. The number of amides is 1. The zero-order chi connectivity index (χ0) is 13.5. The maximum absolute atomic E-state index is 12.9. The van der Waals surface area contributed by atoms with E-state index in [0.29, 0.717) is 4.90 Å². The lowest BCUT2D eigenvalue weighted by Crippen LogP contribution is -2.34. The van der Waals surface area contributed by atoms with Crippen LogP contribution in [-0.4, -0.2) is 17.7 Å². The molecule has 0 aromatic heterocycles. The molecule has 1 rings (SSSR count). The molecule has 0 aliphatic heterocycles. The lowest BCUT2D eigenvalue weighted by molar-refractivity contribution is -0.119. The average molecular weight is 273 g/mol. The Balaban J connectivity index is 2.44. The van der Waals surface area contributed by atoms with Crippen molar-refractivity contribution >= 4 is 17.7 Å². The smallest absolute Gasteiger partial charge is 0.230 e. The molecule has 0 saturated heterocycles. The Labute approximate surface area is 110 Å². The molecule has 1 N–H and O–H groups in total. The molecule has 5 heteroatoms. The summed E-state index contributed by atoms with van der Waals surface area (Å²) in [6, 6.07) is 3.82. The van der Waals surface area contributed by atoms with Gasteiger partial charge in [-0.15, -0.1) is 11.8 Å². The Morgan fingerprint density at radius 2 is 1.94 bits per heavy atom. The van der Waals surface area contributed by atoms with Crippen LogP contribution in [0.25, 0.3) is 0 Å². The maximum Gasteiger partial charge on any atom is 0.230 e. The highest BCUT2D eigenvalue weighted by molar-refractivity contribution is 8.00. The van der Waals surface area contributed by atoms with Gasteiger partial charge < -0.3 is 5.32 Å². The van der Waals surface area contributed by atoms with Gasteiger partial charge in [0, 0.05) is 10.9 Å². The van der Waals surface area contributed by atoms with Gasteiger partial charge in [-0.3, -0.25) is 4.79 Å². The molecule has 1 aromatic rings. The van der Waals surface area contributed by atoms with Crippen LogP contribution in [0.5, 0.6) is 0 Å². The molecule has 0 aliphatic carbocycles. The maximum atomic E-state index is 12.9. The Morgan fingerprint density at radius 3 is 2.50 bits per heavy atom. The van der Waals surface area contributed by atoms with E-state index in [0.717, 1.165) is 25.0 Å². The zero-order valence-electron chi connectivity index (χ0n) is 10.5. The molecule has 18 heavy (non-hydrogen) atoms. The Hall–Kier alpha value is -1.10. The molecule has 0 heterocycles. The molecule has 1 amide bonds. The van der Waals surface area contributed by atoms with E-state index in [2.05, 4.69) is 5.32 Å².